The predicted octanol–water partition coefficient (Wildman–Crippen LogP) is 5.47. The van der Waals surface area contributed by atoms with Crippen molar-refractivity contribution in [3.05, 3.63) is 0 Å². The van der Waals surface area contributed by atoms with Gasteiger partial charge in [-0.1, -0.05) is 66.7 Å². The molecule has 0 aliphatic heterocycles. The first-order valence-corrected chi connectivity index (χ1v) is 10.7. The molecule has 1 saturated carbocycles. The van der Waals surface area contributed by atoms with E-state index in [-0.39, 0.29) is 0 Å². The van der Waals surface area contributed by atoms with Crippen LogP contribution in [0.1, 0.15) is 86.0 Å². The highest BCUT2D eigenvalue weighted by atomic mass is 16.5. The number of carbonyl (C=O) groups is 2. The van der Waals surface area contributed by atoms with Crippen molar-refractivity contribution in [2.45, 2.75) is 86.0 Å². The molecule has 0 aromatic heterocycles. The fourth-order valence-corrected chi connectivity index (χ4v) is 3.21. The van der Waals surface area contributed by atoms with Crippen LogP contribution in [0.5, 0.6) is 0 Å². The molecule has 0 bridgehead atoms. The number of rotatable bonds is 11. The molecule has 1 rings (SSSR count). The standard InChI is InChI=1S/C12H20O4.C10H22O/c1-8(11(13)14)10(12(15)16)7-9-5-3-2-4-6-9;1-9(2)5-7-11-8-6-10(3)4/h8-10H,2-7H2,1H3,(H,13,14)(H,15,16);9-10H,5-8H2,1-4H3/t8-,10+;/m1./s1. The van der Waals surface area contributed by atoms with Crippen molar-refractivity contribution in [1.29, 1.82) is 0 Å². The Morgan fingerprint density at radius 1 is 0.852 bits per heavy atom. The Hall–Kier alpha value is -1.10. The van der Waals surface area contributed by atoms with Gasteiger partial charge in [0.25, 0.3) is 0 Å². The van der Waals surface area contributed by atoms with E-state index in [1.54, 1.807) is 0 Å². The van der Waals surface area contributed by atoms with Gasteiger partial charge in [0.1, 0.15) is 0 Å². The number of carboxylic acid groups (broad SMARTS) is 2. The van der Waals surface area contributed by atoms with Gasteiger partial charge in [0.05, 0.1) is 11.8 Å². The van der Waals surface area contributed by atoms with E-state index in [1.807, 2.05) is 0 Å². The van der Waals surface area contributed by atoms with Gasteiger partial charge in [-0.3, -0.25) is 9.59 Å². The lowest BCUT2D eigenvalue weighted by Crippen LogP contribution is -2.30. The molecule has 27 heavy (non-hydrogen) atoms. The van der Waals surface area contributed by atoms with Crippen LogP contribution in [0.25, 0.3) is 0 Å². The molecule has 160 valence electrons. The molecule has 1 fully saturated rings. The van der Waals surface area contributed by atoms with Crippen molar-refractivity contribution in [1.82, 2.24) is 0 Å². The summed E-state index contributed by atoms with van der Waals surface area (Å²) < 4.78 is 5.46. The zero-order chi connectivity index (χ0) is 20.8. The van der Waals surface area contributed by atoms with Crippen molar-refractivity contribution in [3.63, 3.8) is 0 Å². The van der Waals surface area contributed by atoms with Gasteiger partial charge in [0.15, 0.2) is 0 Å². The highest BCUT2D eigenvalue weighted by Crippen LogP contribution is 2.31. The van der Waals surface area contributed by atoms with Crippen molar-refractivity contribution in [2.75, 3.05) is 13.2 Å². The second-order valence-corrected chi connectivity index (χ2v) is 8.79. The molecule has 0 heterocycles. The van der Waals surface area contributed by atoms with E-state index in [0.29, 0.717) is 12.3 Å². The lowest BCUT2D eigenvalue weighted by Gasteiger charge is -2.26. The van der Waals surface area contributed by atoms with Gasteiger partial charge in [-0.05, 0) is 37.0 Å². The van der Waals surface area contributed by atoms with Crippen LogP contribution < -0.4 is 0 Å². The summed E-state index contributed by atoms with van der Waals surface area (Å²) in [6.07, 6.45) is 8.53. The fourth-order valence-electron chi connectivity index (χ4n) is 3.21. The van der Waals surface area contributed by atoms with Gasteiger partial charge in [-0.15, -0.1) is 0 Å². The first kappa shape index (κ1) is 25.9. The summed E-state index contributed by atoms with van der Waals surface area (Å²) in [5.41, 5.74) is 0. The van der Waals surface area contributed by atoms with Crippen molar-refractivity contribution < 1.29 is 24.5 Å². The largest absolute Gasteiger partial charge is 0.481 e. The van der Waals surface area contributed by atoms with Crippen molar-refractivity contribution in [3.8, 4) is 0 Å². The van der Waals surface area contributed by atoms with E-state index in [4.69, 9.17) is 14.9 Å². The summed E-state index contributed by atoms with van der Waals surface area (Å²) in [7, 11) is 0. The highest BCUT2D eigenvalue weighted by molar-refractivity contribution is 5.79. The number of ether oxygens (including phenoxy) is 1. The summed E-state index contributed by atoms with van der Waals surface area (Å²) >= 11 is 0. The van der Waals surface area contributed by atoms with E-state index in [2.05, 4.69) is 27.7 Å². The first-order chi connectivity index (χ1) is 12.6. The van der Waals surface area contributed by atoms with E-state index in [0.717, 1.165) is 50.7 Å². The minimum Gasteiger partial charge on any atom is -0.481 e. The van der Waals surface area contributed by atoms with Crippen LogP contribution in [0, 0.1) is 29.6 Å². The van der Waals surface area contributed by atoms with E-state index in [9.17, 15) is 9.59 Å². The van der Waals surface area contributed by atoms with Gasteiger partial charge in [-0.2, -0.15) is 0 Å². The summed E-state index contributed by atoms with van der Waals surface area (Å²) in [5.74, 6) is -1.57. The number of carboxylic acids is 2. The van der Waals surface area contributed by atoms with Crippen LogP contribution in [0.15, 0.2) is 0 Å². The lowest BCUT2D eigenvalue weighted by atomic mass is 9.79. The third kappa shape index (κ3) is 13.7. The number of hydrogen-bond acceptors (Lipinski definition) is 3. The molecule has 1 aliphatic carbocycles. The highest BCUT2D eigenvalue weighted by Gasteiger charge is 2.32. The Balaban J connectivity index is 0.000000541. The SMILES string of the molecule is CC(C)CCOCCC(C)C.C[C@@H](C(=O)O)[C@H](CC1CCCCC1)C(=O)O. The maximum atomic E-state index is 11.1. The molecule has 2 atom stereocenters. The Kier molecular flexibility index (Phi) is 14.3. The second-order valence-electron chi connectivity index (χ2n) is 8.79. The van der Waals surface area contributed by atoms with E-state index < -0.39 is 23.8 Å². The monoisotopic (exact) mass is 386 g/mol. The molecule has 0 unspecified atom stereocenters. The van der Waals surface area contributed by atoms with E-state index in [1.165, 1.54) is 26.2 Å². The first-order valence-electron chi connectivity index (χ1n) is 10.7. The molecule has 5 heteroatoms. The van der Waals surface area contributed by atoms with Crippen molar-refractivity contribution in [2.24, 2.45) is 29.6 Å². The van der Waals surface area contributed by atoms with E-state index >= 15 is 0 Å². The Bertz CT molecular complexity index is 390. The van der Waals surface area contributed by atoms with Crippen LogP contribution in [-0.2, 0) is 14.3 Å². The molecule has 0 radical (unpaired) electrons. The molecule has 0 saturated heterocycles. The molecule has 0 aromatic carbocycles. The summed E-state index contributed by atoms with van der Waals surface area (Å²) in [5, 5.41) is 17.9. The van der Waals surface area contributed by atoms with Gasteiger partial charge in [0.2, 0.25) is 0 Å². The minimum atomic E-state index is -1.01. The number of hydrogen-bond donors (Lipinski definition) is 2. The molecular weight excluding hydrogens is 344 g/mol. The van der Waals surface area contributed by atoms with Crippen LogP contribution >= 0.6 is 0 Å². The molecular formula is C22H42O5. The van der Waals surface area contributed by atoms with Crippen LogP contribution in [0.2, 0.25) is 0 Å². The quantitative estimate of drug-likeness (QED) is 0.460. The van der Waals surface area contributed by atoms with Crippen LogP contribution in [0.4, 0.5) is 0 Å². The normalized spacial score (nSPS) is 17.3. The van der Waals surface area contributed by atoms with Crippen molar-refractivity contribution >= 4 is 11.9 Å². The zero-order valence-electron chi connectivity index (χ0n) is 18.1. The third-order valence-electron chi connectivity index (χ3n) is 5.30. The maximum absolute atomic E-state index is 11.1. The Labute approximate surface area is 165 Å². The third-order valence-corrected chi connectivity index (χ3v) is 5.30. The zero-order valence-corrected chi connectivity index (χ0v) is 18.1. The summed E-state index contributed by atoms with van der Waals surface area (Å²) in [6, 6.07) is 0. The Morgan fingerprint density at radius 3 is 1.70 bits per heavy atom. The second kappa shape index (κ2) is 14.9. The average molecular weight is 387 g/mol. The molecule has 2 N–H and O–H groups in total. The molecule has 0 aromatic rings. The topological polar surface area (TPSA) is 83.8 Å². The molecule has 0 spiro atoms. The molecule has 0 amide bonds. The smallest absolute Gasteiger partial charge is 0.307 e. The summed E-state index contributed by atoms with van der Waals surface area (Å²) in [6.45, 7) is 12.3. The predicted molar refractivity (Wildman–Crippen MR) is 109 cm³/mol. The fraction of sp³-hybridized carbons (Fsp3) is 0.909. The lowest BCUT2D eigenvalue weighted by molar-refractivity contribution is -0.153. The maximum Gasteiger partial charge on any atom is 0.307 e. The molecule has 1 aliphatic rings. The molecule has 5 nitrogen and oxygen atoms in total. The summed E-state index contributed by atoms with van der Waals surface area (Å²) in [4.78, 5) is 21.9. The van der Waals surface area contributed by atoms with Gasteiger partial charge < -0.3 is 14.9 Å². The van der Waals surface area contributed by atoms with Gasteiger partial charge in [0, 0.05) is 13.2 Å². The number of aliphatic carboxylic acids is 2. The minimum absolute atomic E-state index is 0.400. The van der Waals surface area contributed by atoms with Gasteiger partial charge in [-0.25, -0.2) is 0 Å². The van der Waals surface area contributed by atoms with Gasteiger partial charge >= 0.3 is 11.9 Å². The Morgan fingerprint density at radius 2 is 1.33 bits per heavy atom. The average Bonchev–Trinajstić information content (AvgIpc) is 2.59. The van der Waals surface area contributed by atoms with Crippen LogP contribution in [-0.4, -0.2) is 35.4 Å². The van der Waals surface area contributed by atoms with Crippen LogP contribution in [0.3, 0.4) is 0 Å².